The fraction of sp³-hybridized carbons (Fsp3) is 0.261. The summed E-state index contributed by atoms with van der Waals surface area (Å²) in [5.41, 5.74) is 2.97. The summed E-state index contributed by atoms with van der Waals surface area (Å²) in [5.74, 6) is 1.23. The number of carbonyl (C=O) groups excluding carboxylic acids is 1. The molecule has 1 aliphatic rings. The molecule has 28 heavy (non-hydrogen) atoms. The van der Waals surface area contributed by atoms with Crippen LogP contribution in [0.4, 0.5) is 0 Å². The summed E-state index contributed by atoms with van der Waals surface area (Å²) < 4.78 is 11.4. The third kappa shape index (κ3) is 3.62. The van der Waals surface area contributed by atoms with E-state index in [0.29, 0.717) is 23.7 Å². The van der Waals surface area contributed by atoms with Crippen molar-refractivity contribution in [3.63, 3.8) is 0 Å². The number of hydrogen-bond acceptors (Lipinski definition) is 4. The Kier molecular flexibility index (Phi) is 5.35. The minimum atomic E-state index is 0.0252. The molecule has 0 saturated carbocycles. The minimum Gasteiger partial charge on any atom is -0.493 e. The van der Waals surface area contributed by atoms with Crippen LogP contribution < -0.4 is 9.47 Å². The van der Waals surface area contributed by atoms with Crippen molar-refractivity contribution in [2.45, 2.75) is 26.0 Å². The van der Waals surface area contributed by atoms with Crippen molar-refractivity contribution in [2.75, 3.05) is 13.7 Å². The van der Waals surface area contributed by atoms with E-state index in [1.54, 1.807) is 24.5 Å². The first-order valence-corrected chi connectivity index (χ1v) is 10.3. The van der Waals surface area contributed by atoms with Gasteiger partial charge in [-0.25, -0.2) is 0 Å². The maximum absolute atomic E-state index is 13.1. The van der Waals surface area contributed by atoms with Gasteiger partial charge in [0, 0.05) is 17.0 Å². The van der Waals surface area contributed by atoms with Gasteiger partial charge in [0.25, 0.3) is 5.91 Å². The topological polar surface area (TPSA) is 38.8 Å². The zero-order chi connectivity index (χ0) is 19.5. The van der Waals surface area contributed by atoms with Crippen molar-refractivity contribution in [3.05, 3.63) is 81.5 Å². The molecule has 0 unspecified atom stereocenters. The third-order valence-corrected chi connectivity index (χ3v) is 6.18. The second-order valence-corrected chi connectivity index (χ2v) is 7.86. The fourth-order valence-corrected chi connectivity index (χ4v) is 4.57. The number of hydrogen-bond donors (Lipinski definition) is 0. The molecule has 1 aromatic heterocycles. The van der Waals surface area contributed by atoms with Crippen molar-refractivity contribution in [3.8, 4) is 11.5 Å². The average Bonchev–Trinajstić information content (AvgIpc) is 3.22. The summed E-state index contributed by atoms with van der Waals surface area (Å²) in [6.45, 7) is 3.29. The van der Waals surface area contributed by atoms with Gasteiger partial charge in [0.15, 0.2) is 11.5 Å². The number of methoxy groups -OCH3 is 1. The molecule has 0 saturated heterocycles. The highest BCUT2D eigenvalue weighted by atomic mass is 32.1. The Balaban J connectivity index is 1.51. The maximum atomic E-state index is 13.1. The Labute approximate surface area is 169 Å². The van der Waals surface area contributed by atoms with Crippen LogP contribution in [0, 0.1) is 0 Å². The first-order chi connectivity index (χ1) is 13.7. The molecule has 5 heteroatoms. The molecule has 144 valence electrons. The molecule has 0 fully saturated rings. The molecule has 0 spiro atoms. The smallest absolute Gasteiger partial charge is 0.254 e. The number of nitrogens with zero attached hydrogens (tertiary/aromatic N) is 1. The molecule has 1 aliphatic heterocycles. The first kappa shape index (κ1) is 18.6. The lowest BCUT2D eigenvalue weighted by Crippen LogP contribution is -2.38. The van der Waals surface area contributed by atoms with E-state index in [1.165, 1.54) is 10.4 Å². The van der Waals surface area contributed by atoms with Crippen molar-refractivity contribution >= 4 is 17.2 Å². The number of thiophene rings is 1. The molecular weight excluding hydrogens is 370 g/mol. The quantitative estimate of drug-likeness (QED) is 0.606. The number of amides is 1. The summed E-state index contributed by atoms with van der Waals surface area (Å²) in [4.78, 5) is 16.5. The summed E-state index contributed by atoms with van der Waals surface area (Å²) >= 11 is 1.78. The summed E-state index contributed by atoms with van der Waals surface area (Å²) in [6, 6.07) is 17.6. The SMILES string of the molecule is COc1cc(C(=O)N2CCc3sccc3[C@@H]2C)ccc1OCc1ccccc1. The molecule has 1 atom stereocenters. The second kappa shape index (κ2) is 8.07. The number of ether oxygens (including phenoxy) is 2. The van der Waals surface area contributed by atoms with Gasteiger partial charge in [0.1, 0.15) is 6.61 Å². The maximum Gasteiger partial charge on any atom is 0.254 e. The summed E-state index contributed by atoms with van der Waals surface area (Å²) in [6.07, 6.45) is 0.915. The Morgan fingerprint density at radius 1 is 1.14 bits per heavy atom. The lowest BCUT2D eigenvalue weighted by atomic mass is 10.00. The molecule has 1 amide bonds. The van der Waals surface area contributed by atoms with E-state index in [0.717, 1.165) is 18.5 Å². The van der Waals surface area contributed by atoms with Crippen LogP contribution >= 0.6 is 11.3 Å². The molecule has 0 N–H and O–H groups in total. The standard InChI is InChI=1S/C23H23NO3S/c1-16-19-11-13-28-22(19)10-12-24(16)23(25)18-8-9-20(21(14-18)26-2)27-15-17-6-4-3-5-7-17/h3-9,11,13-14,16H,10,12,15H2,1-2H3/t16-/m0/s1. The average molecular weight is 394 g/mol. The molecule has 0 bridgehead atoms. The lowest BCUT2D eigenvalue weighted by Gasteiger charge is -2.33. The molecule has 0 radical (unpaired) electrons. The first-order valence-electron chi connectivity index (χ1n) is 9.39. The summed E-state index contributed by atoms with van der Waals surface area (Å²) in [7, 11) is 1.60. The van der Waals surface area contributed by atoms with Crippen LogP contribution in [0.1, 0.15) is 39.3 Å². The van der Waals surface area contributed by atoms with Crippen LogP contribution in [0.25, 0.3) is 0 Å². The van der Waals surface area contributed by atoms with Gasteiger partial charge in [-0.3, -0.25) is 4.79 Å². The molecule has 4 nitrogen and oxygen atoms in total. The van der Waals surface area contributed by atoms with Gasteiger partial charge in [0.2, 0.25) is 0 Å². The molecule has 2 heterocycles. The van der Waals surface area contributed by atoms with E-state index < -0.39 is 0 Å². The highest BCUT2D eigenvalue weighted by molar-refractivity contribution is 7.10. The van der Waals surface area contributed by atoms with E-state index in [-0.39, 0.29) is 11.9 Å². The fourth-order valence-electron chi connectivity index (χ4n) is 3.61. The van der Waals surface area contributed by atoms with E-state index >= 15 is 0 Å². The molecular formula is C23H23NO3S. The Morgan fingerprint density at radius 3 is 2.75 bits per heavy atom. The van der Waals surface area contributed by atoms with Crippen molar-refractivity contribution in [1.82, 2.24) is 4.90 Å². The van der Waals surface area contributed by atoms with E-state index in [2.05, 4.69) is 18.4 Å². The monoisotopic (exact) mass is 393 g/mol. The second-order valence-electron chi connectivity index (χ2n) is 6.86. The van der Waals surface area contributed by atoms with Gasteiger partial charge in [-0.1, -0.05) is 30.3 Å². The minimum absolute atomic E-state index is 0.0252. The van der Waals surface area contributed by atoms with E-state index in [9.17, 15) is 4.79 Å². The molecule has 3 aromatic rings. The highest BCUT2D eigenvalue weighted by Gasteiger charge is 2.29. The van der Waals surface area contributed by atoms with Crippen LogP contribution in [0.2, 0.25) is 0 Å². The number of benzene rings is 2. The van der Waals surface area contributed by atoms with Crippen LogP contribution in [0.5, 0.6) is 11.5 Å². The number of carbonyl (C=O) groups is 1. The van der Waals surface area contributed by atoms with Crippen LogP contribution in [-0.4, -0.2) is 24.5 Å². The zero-order valence-electron chi connectivity index (χ0n) is 16.1. The Hall–Kier alpha value is -2.79. The highest BCUT2D eigenvalue weighted by Crippen LogP contribution is 2.35. The zero-order valence-corrected chi connectivity index (χ0v) is 16.9. The molecule has 4 rings (SSSR count). The van der Waals surface area contributed by atoms with Crippen molar-refractivity contribution in [1.29, 1.82) is 0 Å². The predicted molar refractivity (Wildman–Crippen MR) is 111 cm³/mol. The largest absolute Gasteiger partial charge is 0.493 e. The Bertz CT molecular complexity index is 967. The van der Waals surface area contributed by atoms with Gasteiger partial charge < -0.3 is 14.4 Å². The van der Waals surface area contributed by atoms with E-state index in [1.807, 2.05) is 47.4 Å². The number of rotatable bonds is 5. The van der Waals surface area contributed by atoms with Gasteiger partial charge in [-0.2, -0.15) is 0 Å². The van der Waals surface area contributed by atoms with Crippen LogP contribution in [0.15, 0.2) is 60.0 Å². The third-order valence-electron chi connectivity index (χ3n) is 5.19. The Morgan fingerprint density at radius 2 is 1.96 bits per heavy atom. The van der Waals surface area contributed by atoms with Crippen molar-refractivity contribution in [2.24, 2.45) is 0 Å². The normalized spacial score (nSPS) is 15.8. The predicted octanol–water partition coefficient (Wildman–Crippen LogP) is 5.10. The summed E-state index contributed by atoms with van der Waals surface area (Å²) in [5, 5.41) is 2.11. The molecule has 0 aliphatic carbocycles. The van der Waals surface area contributed by atoms with Gasteiger partial charge in [-0.15, -0.1) is 11.3 Å². The van der Waals surface area contributed by atoms with Gasteiger partial charge in [0.05, 0.1) is 13.2 Å². The lowest BCUT2D eigenvalue weighted by molar-refractivity contribution is 0.0679. The van der Waals surface area contributed by atoms with Crippen LogP contribution in [0.3, 0.4) is 0 Å². The van der Waals surface area contributed by atoms with Crippen molar-refractivity contribution < 1.29 is 14.3 Å². The molecule has 2 aromatic carbocycles. The van der Waals surface area contributed by atoms with Gasteiger partial charge in [-0.05, 0) is 54.1 Å². The van der Waals surface area contributed by atoms with Crippen LogP contribution in [-0.2, 0) is 13.0 Å². The van der Waals surface area contributed by atoms with E-state index in [4.69, 9.17) is 9.47 Å². The number of fused-ring (bicyclic) bond motifs is 1. The van der Waals surface area contributed by atoms with Gasteiger partial charge >= 0.3 is 0 Å².